The van der Waals surface area contributed by atoms with Crippen LogP contribution in [0, 0.1) is 18.7 Å². The summed E-state index contributed by atoms with van der Waals surface area (Å²) in [6.07, 6.45) is 0.877. The standard InChI is InChI=1S/C29H35FN4O4/c1-17(2)14-23(31-27(36)19-6-9-21(10-7-19)32(4)5)29(38)33-13-12-24-26(33)25(35)16-34(24)28(37)20-8-11-22(30)18(3)15-20/h6-11,15,17,23-24,26H,12-14,16H2,1-5H3,(H,31,36)/t23-,24+,26-/m0/s1. The number of hydrogen-bond donors (Lipinski definition) is 1. The number of nitrogens with one attached hydrogen (secondary N) is 1. The molecule has 0 aromatic heterocycles. The Bertz CT molecular complexity index is 1240. The molecule has 1 N–H and O–H groups in total. The maximum absolute atomic E-state index is 13.7. The zero-order chi connectivity index (χ0) is 27.7. The van der Waals surface area contributed by atoms with Crippen LogP contribution in [0.2, 0.25) is 0 Å². The van der Waals surface area contributed by atoms with Gasteiger partial charge in [0.15, 0.2) is 5.78 Å². The van der Waals surface area contributed by atoms with Gasteiger partial charge in [0.2, 0.25) is 5.91 Å². The maximum Gasteiger partial charge on any atom is 0.254 e. The highest BCUT2D eigenvalue weighted by Gasteiger charge is 2.52. The van der Waals surface area contributed by atoms with Crippen molar-refractivity contribution in [3.63, 3.8) is 0 Å². The van der Waals surface area contributed by atoms with Gasteiger partial charge in [-0.15, -0.1) is 0 Å². The van der Waals surface area contributed by atoms with Crippen molar-refractivity contribution < 1.29 is 23.6 Å². The molecule has 9 heteroatoms. The monoisotopic (exact) mass is 522 g/mol. The lowest BCUT2D eigenvalue weighted by Gasteiger charge is -2.29. The number of Topliss-reactive ketones (excluding diaryl/α,β-unsaturated/α-hetero) is 1. The third-order valence-corrected chi connectivity index (χ3v) is 7.33. The number of anilines is 1. The van der Waals surface area contributed by atoms with Gasteiger partial charge in [-0.2, -0.15) is 0 Å². The van der Waals surface area contributed by atoms with Crippen molar-refractivity contribution in [2.75, 3.05) is 32.1 Å². The van der Waals surface area contributed by atoms with Gasteiger partial charge in [0.05, 0.1) is 12.6 Å². The van der Waals surface area contributed by atoms with E-state index in [1.807, 2.05) is 45.0 Å². The van der Waals surface area contributed by atoms with Crippen LogP contribution in [0.5, 0.6) is 0 Å². The highest BCUT2D eigenvalue weighted by atomic mass is 19.1. The van der Waals surface area contributed by atoms with Gasteiger partial charge < -0.3 is 20.0 Å². The van der Waals surface area contributed by atoms with Crippen LogP contribution in [0.15, 0.2) is 42.5 Å². The summed E-state index contributed by atoms with van der Waals surface area (Å²) in [5.74, 6) is -1.51. The van der Waals surface area contributed by atoms with E-state index in [1.54, 1.807) is 19.1 Å². The molecule has 0 aliphatic carbocycles. The Hall–Kier alpha value is -3.75. The number of likely N-dealkylation sites (tertiary alicyclic amines) is 2. The van der Waals surface area contributed by atoms with E-state index in [2.05, 4.69) is 5.32 Å². The smallest absolute Gasteiger partial charge is 0.254 e. The molecule has 3 amide bonds. The number of amides is 3. The quantitative estimate of drug-likeness (QED) is 0.604. The van der Waals surface area contributed by atoms with Crippen molar-refractivity contribution in [1.82, 2.24) is 15.1 Å². The van der Waals surface area contributed by atoms with Gasteiger partial charge in [-0.25, -0.2) is 4.39 Å². The van der Waals surface area contributed by atoms with Gasteiger partial charge in [-0.1, -0.05) is 13.8 Å². The second-order valence-corrected chi connectivity index (χ2v) is 10.8. The first-order chi connectivity index (χ1) is 18.0. The summed E-state index contributed by atoms with van der Waals surface area (Å²) >= 11 is 0. The summed E-state index contributed by atoms with van der Waals surface area (Å²) in [5, 5.41) is 2.88. The van der Waals surface area contributed by atoms with Crippen molar-refractivity contribution in [2.24, 2.45) is 5.92 Å². The van der Waals surface area contributed by atoms with Gasteiger partial charge >= 0.3 is 0 Å². The molecule has 202 valence electrons. The number of halogens is 1. The Kier molecular flexibility index (Phi) is 7.85. The number of rotatable bonds is 7. The molecular formula is C29H35FN4O4. The first-order valence-electron chi connectivity index (χ1n) is 13.0. The summed E-state index contributed by atoms with van der Waals surface area (Å²) in [6.45, 7) is 5.73. The second kappa shape index (κ2) is 10.9. The van der Waals surface area contributed by atoms with Crippen LogP contribution in [0.1, 0.15) is 53.0 Å². The topological polar surface area (TPSA) is 90.0 Å². The molecule has 0 saturated carbocycles. The van der Waals surface area contributed by atoms with Gasteiger partial charge in [-0.3, -0.25) is 19.2 Å². The molecule has 3 atom stereocenters. The van der Waals surface area contributed by atoms with E-state index in [9.17, 15) is 23.6 Å². The molecule has 2 aromatic rings. The molecule has 2 aliphatic rings. The van der Waals surface area contributed by atoms with Crippen LogP contribution in [-0.4, -0.2) is 78.6 Å². The van der Waals surface area contributed by atoms with Crippen LogP contribution >= 0.6 is 0 Å². The second-order valence-electron chi connectivity index (χ2n) is 10.8. The molecule has 2 fully saturated rings. The number of hydrogen-bond acceptors (Lipinski definition) is 5. The minimum Gasteiger partial charge on any atom is -0.378 e. The first kappa shape index (κ1) is 27.3. The Morgan fingerprint density at radius 3 is 2.32 bits per heavy atom. The first-order valence-corrected chi connectivity index (χ1v) is 13.0. The lowest BCUT2D eigenvalue weighted by atomic mass is 10.0. The predicted molar refractivity (Wildman–Crippen MR) is 143 cm³/mol. The molecule has 0 bridgehead atoms. The van der Waals surface area contributed by atoms with E-state index in [0.717, 1.165) is 5.69 Å². The van der Waals surface area contributed by atoms with E-state index in [-0.39, 0.29) is 36.0 Å². The number of benzene rings is 2. The highest BCUT2D eigenvalue weighted by Crippen LogP contribution is 2.32. The SMILES string of the molecule is Cc1cc(C(=O)N2CC(=O)[C@@H]3[C@H]2CCN3C(=O)[C@H](CC(C)C)NC(=O)c2ccc(N(C)C)cc2)ccc1F. The summed E-state index contributed by atoms with van der Waals surface area (Å²) in [4.78, 5) is 58.0. The average Bonchev–Trinajstić information content (AvgIpc) is 3.45. The van der Waals surface area contributed by atoms with Crippen LogP contribution in [0.25, 0.3) is 0 Å². The van der Waals surface area contributed by atoms with E-state index in [1.165, 1.54) is 28.0 Å². The summed E-state index contributed by atoms with van der Waals surface area (Å²) in [6, 6.07) is 9.25. The zero-order valence-electron chi connectivity index (χ0n) is 22.5. The van der Waals surface area contributed by atoms with E-state index in [4.69, 9.17) is 0 Å². The number of nitrogens with zero attached hydrogens (tertiary/aromatic N) is 3. The minimum atomic E-state index is -0.799. The minimum absolute atomic E-state index is 0.103. The van der Waals surface area contributed by atoms with Gasteiger partial charge in [0, 0.05) is 37.5 Å². The molecule has 38 heavy (non-hydrogen) atoms. The van der Waals surface area contributed by atoms with E-state index < -0.39 is 23.9 Å². The number of ketones is 1. The normalized spacial score (nSPS) is 19.5. The van der Waals surface area contributed by atoms with Gasteiger partial charge in [0.1, 0.15) is 17.9 Å². The third-order valence-electron chi connectivity index (χ3n) is 7.33. The molecule has 8 nitrogen and oxygen atoms in total. The van der Waals surface area contributed by atoms with Gasteiger partial charge in [0.25, 0.3) is 11.8 Å². The lowest BCUT2D eigenvalue weighted by Crippen LogP contribution is -2.53. The van der Waals surface area contributed by atoms with Crippen molar-refractivity contribution >= 4 is 29.2 Å². The molecule has 2 saturated heterocycles. The van der Waals surface area contributed by atoms with Crippen molar-refractivity contribution in [3.8, 4) is 0 Å². The fraction of sp³-hybridized carbons (Fsp3) is 0.448. The maximum atomic E-state index is 13.7. The molecule has 2 aromatic carbocycles. The number of aryl methyl sites for hydroxylation is 1. The van der Waals surface area contributed by atoms with Crippen LogP contribution in [-0.2, 0) is 9.59 Å². The fourth-order valence-corrected chi connectivity index (χ4v) is 5.33. The molecule has 4 rings (SSSR count). The number of fused-ring (bicyclic) bond motifs is 1. The van der Waals surface area contributed by atoms with Crippen molar-refractivity contribution in [3.05, 3.63) is 65.0 Å². The van der Waals surface area contributed by atoms with E-state index in [0.29, 0.717) is 36.1 Å². The largest absolute Gasteiger partial charge is 0.378 e. The Balaban J connectivity index is 1.50. The Morgan fingerprint density at radius 2 is 1.71 bits per heavy atom. The Labute approximate surface area is 222 Å². The summed E-state index contributed by atoms with van der Waals surface area (Å²) in [7, 11) is 3.82. The van der Waals surface area contributed by atoms with Crippen LogP contribution < -0.4 is 10.2 Å². The zero-order valence-corrected chi connectivity index (χ0v) is 22.5. The van der Waals surface area contributed by atoms with Gasteiger partial charge in [-0.05, 0) is 73.7 Å². The van der Waals surface area contributed by atoms with Crippen molar-refractivity contribution in [1.29, 1.82) is 0 Å². The summed E-state index contributed by atoms with van der Waals surface area (Å²) in [5.41, 5.74) is 2.06. The third kappa shape index (κ3) is 5.42. The molecule has 0 unspecified atom stereocenters. The molecule has 0 radical (unpaired) electrons. The molecule has 0 spiro atoms. The highest BCUT2D eigenvalue weighted by molar-refractivity contribution is 6.03. The fourth-order valence-electron chi connectivity index (χ4n) is 5.33. The molecular weight excluding hydrogens is 487 g/mol. The Morgan fingerprint density at radius 1 is 1.05 bits per heavy atom. The molecule has 2 aliphatic heterocycles. The van der Waals surface area contributed by atoms with E-state index >= 15 is 0 Å². The van der Waals surface area contributed by atoms with Crippen LogP contribution in [0.4, 0.5) is 10.1 Å². The predicted octanol–water partition coefficient (Wildman–Crippen LogP) is 3.04. The number of carbonyl (C=O) groups excluding carboxylic acids is 4. The number of carbonyl (C=O) groups is 4. The van der Waals surface area contributed by atoms with Crippen LogP contribution in [0.3, 0.4) is 0 Å². The molecule has 2 heterocycles. The average molecular weight is 523 g/mol. The summed E-state index contributed by atoms with van der Waals surface area (Å²) < 4.78 is 13.7. The van der Waals surface area contributed by atoms with Crippen molar-refractivity contribution in [2.45, 2.75) is 51.7 Å². The lowest BCUT2D eigenvalue weighted by molar-refractivity contribution is -0.138.